The summed E-state index contributed by atoms with van der Waals surface area (Å²) in [6, 6.07) is 0. The van der Waals surface area contributed by atoms with Crippen LogP contribution in [0.2, 0.25) is 0 Å². The Balaban J connectivity index is 3.51. The Labute approximate surface area is 110 Å². The van der Waals surface area contributed by atoms with Crippen LogP contribution in [-0.2, 0) is 14.3 Å². The maximum Gasteiger partial charge on any atom is 0.246 e. The number of carbonyl (C=O) groups excluding carboxylic acids is 2. The highest BCUT2D eigenvalue weighted by atomic mass is 16.5. The Morgan fingerprint density at radius 3 is 2.17 bits per heavy atom. The van der Waals surface area contributed by atoms with Crippen LogP contribution in [0.3, 0.4) is 0 Å². The fourth-order valence-electron chi connectivity index (χ4n) is 1.08. The van der Waals surface area contributed by atoms with Gasteiger partial charge >= 0.3 is 0 Å². The standard InChI is InChI=1S/C13H26N2O3/c1-10(2)18-9-11(16)14-7-6-8-15-12(17)13(3,4)5/h10H,6-9H2,1-5H3,(H,14,16)(H,15,17). The van der Waals surface area contributed by atoms with Gasteiger partial charge in [0.15, 0.2) is 0 Å². The Hall–Kier alpha value is -1.10. The van der Waals surface area contributed by atoms with E-state index in [1.165, 1.54) is 0 Å². The van der Waals surface area contributed by atoms with Gasteiger partial charge in [0.2, 0.25) is 11.8 Å². The Morgan fingerprint density at radius 2 is 1.67 bits per heavy atom. The van der Waals surface area contributed by atoms with E-state index < -0.39 is 0 Å². The van der Waals surface area contributed by atoms with Gasteiger partial charge in [-0.3, -0.25) is 9.59 Å². The van der Waals surface area contributed by atoms with E-state index in [-0.39, 0.29) is 29.9 Å². The van der Waals surface area contributed by atoms with E-state index in [1.807, 2.05) is 34.6 Å². The number of rotatable bonds is 7. The summed E-state index contributed by atoms with van der Waals surface area (Å²) in [4.78, 5) is 22.8. The van der Waals surface area contributed by atoms with E-state index in [1.54, 1.807) is 0 Å². The van der Waals surface area contributed by atoms with Gasteiger partial charge in [-0.25, -0.2) is 0 Å². The molecular weight excluding hydrogens is 232 g/mol. The van der Waals surface area contributed by atoms with Crippen molar-refractivity contribution < 1.29 is 14.3 Å². The molecule has 2 amide bonds. The second-order valence-corrected chi connectivity index (χ2v) is 5.57. The number of carbonyl (C=O) groups is 2. The fraction of sp³-hybridized carbons (Fsp3) is 0.846. The quantitative estimate of drug-likeness (QED) is 0.671. The highest BCUT2D eigenvalue weighted by Gasteiger charge is 2.20. The van der Waals surface area contributed by atoms with E-state index in [4.69, 9.17) is 4.74 Å². The normalized spacial score (nSPS) is 11.4. The van der Waals surface area contributed by atoms with Crippen molar-refractivity contribution in [2.45, 2.75) is 47.1 Å². The van der Waals surface area contributed by atoms with Crippen LogP contribution in [-0.4, -0.2) is 37.6 Å². The van der Waals surface area contributed by atoms with Gasteiger partial charge in [0.05, 0.1) is 6.10 Å². The molecule has 0 aliphatic rings. The molecule has 18 heavy (non-hydrogen) atoms. The number of amides is 2. The molecule has 0 aromatic carbocycles. The fourth-order valence-corrected chi connectivity index (χ4v) is 1.08. The number of nitrogens with one attached hydrogen (secondary N) is 2. The van der Waals surface area contributed by atoms with E-state index in [0.29, 0.717) is 13.1 Å². The third kappa shape index (κ3) is 8.98. The average Bonchev–Trinajstić information content (AvgIpc) is 2.24. The van der Waals surface area contributed by atoms with Gasteiger partial charge < -0.3 is 15.4 Å². The molecule has 0 saturated carbocycles. The molecule has 0 aromatic rings. The third-order valence-electron chi connectivity index (χ3n) is 2.19. The summed E-state index contributed by atoms with van der Waals surface area (Å²) in [7, 11) is 0. The molecule has 0 spiro atoms. The molecule has 0 fully saturated rings. The van der Waals surface area contributed by atoms with Crippen molar-refractivity contribution in [3.8, 4) is 0 Å². The molecule has 0 unspecified atom stereocenters. The zero-order valence-corrected chi connectivity index (χ0v) is 12.1. The van der Waals surface area contributed by atoms with Gasteiger partial charge in [0, 0.05) is 18.5 Å². The second-order valence-electron chi connectivity index (χ2n) is 5.57. The van der Waals surface area contributed by atoms with Gasteiger partial charge in [-0.2, -0.15) is 0 Å². The van der Waals surface area contributed by atoms with Gasteiger partial charge in [0.25, 0.3) is 0 Å². The van der Waals surface area contributed by atoms with E-state index in [0.717, 1.165) is 6.42 Å². The molecule has 0 bridgehead atoms. The highest BCUT2D eigenvalue weighted by molar-refractivity contribution is 5.81. The minimum Gasteiger partial charge on any atom is -0.369 e. The zero-order valence-electron chi connectivity index (χ0n) is 12.1. The molecule has 106 valence electrons. The number of ether oxygens (including phenoxy) is 1. The minimum atomic E-state index is -0.367. The van der Waals surface area contributed by atoms with Crippen LogP contribution in [0.25, 0.3) is 0 Å². The Morgan fingerprint density at radius 1 is 1.11 bits per heavy atom. The van der Waals surface area contributed by atoms with Crippen molar-refractivity contribution in [1.29, 1.82) is 0 Å². The summed E-state index contributed by atoms with van der Waals surface area (Å²) < 4.78 is 5.16. The van der Waals surface area contributed by atoms with E-state index in [9.17, 15) is 9.59 Å². The predicted molar refractivity (Wildman–Crippen MR) is 71.2 cm³/mol. The van der Waals surface area contributed by atoms with Crippen LogP contribution in [0.5, 0.6) is 0 Å². The third-order valence-corrected chi connectivity index (χ3v) is 2.19. The molecule has 0 aliphatic carbocycles. The smallest absolute Gasteiger partial charge is 0.246 e. The Kier molecular flexibility index (Phi) is 7.59. The molecule has 2 N–H and O–H groups in total. The SMILES string of the molecule is CC(C)OCC(=O)NCCCNC(=O)C(C)(C)C. The van der Waals surface area contributed by atoms with Gasteiger partial charge in [-0.05, 0) is 20.3 Å². The molecule has 5 heteroatoms. The van der Waals surface area contributed by atoms with Crippen LogP contribution in [0.1, 0.15) is 41.0 Å². The first-order valence-electron chi connectivity index (χ1n) is 6.40. The molecular formula is C13H26N2O3. The molecule has 0 radical (unpaired) electrons. The molecule has 0 aromatic heterocycles. The first-order chi connectivity index (χ1) is 8.23. The topological polar surface area (TPSA) is 67.4 Å². The van der Waals surface area contributed by atoms with E-state index in [2.05, 4.69) is 10.6 Å². The van der Waals surface area contributed by atoms with Crippen molar-refractivity contribution in [3.63, 3.8) is 0 Å². The molecule has 0 saturated heterocycles. The number of hydrogen-bond donors (Lipinski definition) is 2. The Bertz CT molecular complexity index is 270. The van der Waals surface area contributed by atoms with Crippen LogP contribution < -0.4 is 10.6 Å². The monoisotopic (exact) mass is 258 g/mol. The van der Waals surface area contributed by atoms with Crippen LogP contribution in [0.4, 0.5) is 0 Å². The number of hydrogen-bond acceptors (Lipinski definition) is 3. The van der Waals surface area contributed by atoms with Crippen molar-refractivity contribution in [3.05, 3.63) is 0 Å². The van der Waals surface area contributed by atoms with Crippen molar-refractivity contribution in [2.75, 3.05) is 19.7 Å². The first-order valence-corrected chi connectivity index (χ1v) is 6.40. The van der Waals surface area contributed by atoms with Crippen molar-refractivity contribution >= 4 is 11.8 Å². The lowest BCUT2D eigenvalue weighted by Gasteiger charge is -2.17. The second kappa shape index (κ2) is 8.08. The lowest BCUT2D eigenvalue weighted by Crippen LogP contribution is -2.37. The highest BCUT2D eigenvalue weighted by Crippen LogP contribution is 2.11. The maximum atomic E-state index is 11.5. The average molecular weight is 258 g/mol. The summed E-state index contributed by atoms with van der Waals surface area (Å²) in [6.45, 7) is 10.6. The van der Waals surface area contributed by atoms with Crippen molar-refractivity contribution in [2.24, 2.45) is 5.41 Å². The molecule has 0 aliphatic heterocycles. The molecule has 0 atom stereocenters. The largest absolute Gasteiger partial charge is 0.369 e. The minimum absolute atomic E-state index is 0.0250. The predicted octanol–water partition coefficient (Wildman–Crippen LogP) is 1.08. The first kappa shape index (κ1) is 16.9. The van der Waals surface area contributed by atoms with E-state index >= 15 is 0 Å². The van der Waals surface area contributed by atoms with Gasteiger partial charge in [-0.15, -0.1) is 0 Å². The van der Waals surface area contributed by atoms with Crippen molar-refractivity contribution in [1.82, 2.24) is 10.6 Å². The van der Waals surface area contributed by atoms with Crippen LogP contribution in [0, 0.1) is 5.41 Å². The summed E-state index contributed by atoms with van der Waals surface area (Å²) in [6.07, 6.45) is 0.775. The summed E-state index contributed by atoms with van der Waals surface area (Å²) in [5.41, 5.74) is -0.367. The van der Waals surface area contributed by atoms with Gasteiger partial charge in [0.1, 0.15) is 6.61 Å². The van der Waals surface area contributed by atoms with Crippen LogP contribution in [0.15, 0.2) is 0 Å². The van der Waals surface area contributed by atoms with Gasteiger partial charge in [-0.1, -0.05) is 20.8 Å². The lowest BCUT2D eigenvalue weighted by molar-refractivity contribution is -0.128. The van der Waals surface area contributed by atoms with Crippen LogP contribution >= 0.6 is 0 Å². The molecule has 0 rings (SSSR count). The molecule has 5 nitrogen and oxygen atoms in total. The zero-order chi connectivity index (χ0) is 14.2. The maximum absolute atomic E-state index is 11.5. The molecule has 0 heterocycles. The lowest BCUT2D eigenvalue weighted by atomic mass is 9.96. The summed E-state index contributed by atoms with van der Waals surface area (Å²) in [5, 5.41) is 5.56. The summed E-state index contributed by atoms with van der Waals surface area (Å²) >= 11 is 0. The summed E-state index contributed by atoms with van der Waals surface area (Å²) in [5.74, 6) is -0.0946.